The summed E-state index contributed by atoms with van der Waals surface area (Å²) < 4.78 is 5.88. The molecule has 1 unspecified atom stereocenters. The third-order valence-electron chi connectivity index (χ3n) is 5.66. The fourth-order valence-corrected chi connectivity index (χ4v) is 5.52. The molecule has 0 saturated heterocycles. The number of hydrogen-bond acceptors (Lipinski definition) is 4. The molecule has 2 aliphatic rings. The second kappa shape index (κ2) is 7.10. The van der Waals surface area contributed by atoms with Gasteiger partial charge in [0, 0.05) is 21.0 Å². The Morgan fingerprint density at radius 2 is 1.67 bits per heavy atom. The van der Waals surface area contributed by atoms with Crippen LogP contribution in [0.15, 0.2) is 76.5 Å². The minimum absolute atomic E-state index is 0.0590. The Hall–Kier alpha value is -2.92. The third-order valence-corrected chi connectivity index (χ3v) is 6.79. The maximum absolute atomic E-state index is 13.3. The number of nitrogens with zero attached hydrogens (tertiary/aromatic N) is 1. The molecule has 4 nitrogen and oxygen atoms in total. The van der Waals surface area contributed by atoms with Gasteiger partial charge in [-0.1, -0.05) is 43.0 Å². The van der Waals surface area contributed by atoms with Crippen LogP contribution in [0.3, 0.4) is 0 Å². The molecule has 152 valence electrons. The van der Waals surface area contributed by atoms with Gasteiger partial charge in [0.05, 0.1) is 11.4 Å². The first-order valence-electron chi connectivity index (χ1n) is 10.2. The zero-order valence-corrected chi connectivity index (χ0v) is 18.1. The predicted octanol–water partition coefficient (Wildman–Crippen LogP) is 7.19. The zero-order valence-electron chi connectivity index (χ0n) is 17.3. The van der Waals surface area contributed by atoms with Crippen molar-refractivity contribution in [1.29, 1.82) is 0 Å². The van der Waals surface area contributed by atoms with Crippen molar-refractivity contribution < 1.29 is 9.53 Å². The van der Waals surface area contributed by atoms with Gasteiger partial charge in [0.2, 0.25) is 0 Å². The fourth-order valence-electron chi connectivity index (χ4n) is 4.46. The van der Waals surface area contributed by atoms with E-state index in [0.717, 1.165) is 33.3 Å². The Labute approximate surface area is 181 Å². The highest BCUT2D eigenvalue weighted by atomic mass is 32.2. The Kier molecular flexibility index (Phi) is 4.51. The molecule has 0 aromatic heterocycles. The summed E-state index contributed by atoms with van der Waals surface area (Å²) in [5.41, 5.74) is 4.06. The molecule has 0 saturated carbocycles. The van der Waals surface area contributed by atoms with Crippen LogP contribution in [-0.4, -0.2) is 11.6 Å². The van der Waals surface area contributed by atoms with E-state index in [1.807, 2.05) is 66.7 Å². The number of benzene rings is 3. The molecule has 3 aromatic carbocycles. The van der Waals surface area contributed by atoms with Gasteiger partial charge >= 0.3 is 6.09 Å². The van der Waals surface area contributed by atoms with E-state index in [0.29, 0.717) is 11.7 Å². The van der Waals surface area contributed by atoms with Crippen LogP contribution in [-0.2, 0) is 0 Å². The fraction of sp³-hybridized carbons (Fsp3) is 0.240. The average molecular weight is 417 g/mol. The van der Waals surface area contributed by atoms with Crippen molar-refractivity contribution in [3.63, 3.8) is 0 Å². The summed E-state index contributed by atoms with van der Waals surface area (Å²) in [4.78, 5) is 17.1. The standard InChI is InChI=1S/C25H24N2O2S/c1-16-15-25(2,3)26-19-13-12-17(14-18(16)19)29-24(28)27-20-8-4-6-10-22(20)30-23-11-7-5-9-21(23)27/h4-14,16,26H,15H2,1-3H3. The minimum atomic E-state index is -0.396. The lowest BCUT2D eigenvalue weighted by molar-refractivity contribution is 0.210. The van der Waals surface area contributed by atoms with E-state index in [-0.39, 0.29) is 5.54 Å². The van der Waals surface area contributed by atoms with E-state index in [4.69, 9.17) is 4.74 Å². The molecule has 1 N–H and O–H groups in total. The number of carbonyl (C=O) groups excluding carboxylic acids is 1. The lowest BCUT2D eigenvalue weighted by Crippen LogP contribution is -2.36. The molecule has 0 bridgehead atoms. The van der Waals surface area contributed by atoms with Crippen molar-refractivity contribution in [3.8, 4) is 5.75 Å². The highest BCUT2D eigenvalue weighted by molar-refractivity contribution is 7.99. The molecule has 2 heterocycles. The second-order valence-electron chi connectivity index (χ2n) is 8.60. The zero-order chi connectivity index (χ0) is 20.9. The van der Waals surface area contributed by atoms with Gasteiger partial charge < -0.3 is 10.1 Å². The lowest BCUT2D eigenvalue weighted by atomic mass is 9.82. The summed E-state index contributed by atoms with van der Waals surface area (Å²) in [5, 5.41) is 3.58. The monoisotopic (exact) mass is 416 g/mol. The second-order valence-corrected chi connectivity index (χ2v) is 9.69. The maximum Gasteiger partial charge on any atom is 0.424 e. The minimum Gasteiger partial charge on any atom is -0.410 e. The number of fused-ring (bicyclic) bond motifs is 3. The van der Waals surface area contributed by atoms with Crippen molar-refractivity contribution in [1.82, 2.24) is 0 Å². The topological polar surface area (TPSA) is 41.6 Å². The number of ether oxygens (including phenoxy) is 1. The van der Waals surface area contributed by atoms with Crippen LogP contribution in [0.2, 0.25) is 0 Å². The number of rotatable bonds is 1. The first-order valence-corrected chi connectivity index (χ1v) is 11.0. The number of nitrogens with one attached hydrogen (secondary N) is 1. The molecule has 0 spiro atoms. The van der Waals surface area contributed by atoms with Crippen LogP contribution in [0.1, 0.15) is 38.7 Å². The first-order chi connectivity index (χ1) is 14.4. The number of carbonyl (C=O) groups is 1. The summed E-state index contributed by atoms with van der Waals surface area (Å²) >= 11 is 1.67. The van der Waals surface area contributed by atoms with Crippen molar-refractivity contribution in [2.75, 3.05) is 10.2 Å². The Morgan fingerprint density at radius 1 is 1.03 bits per heavy atom. The molecule has 1 amide bonds. The van der Waals surface area contributed by atoms with Gasteiger partial charge in [0.1, 0.15) is 5.75 Å². The Bertz CT molecular complexity index is 1100. The van der Waals surface area contributed by atoms with Gasteiger partial charge in [-0.25, -0.2) is 9.69 Å². The summed E-state index contributed by atoms with van der Waals surface area (Å²) in [6.07, 6.45) is 0.633. The maximum atomic E-state index is 13.3. The van der Waals surface area contributed by atoms with E-state index >= 15 is 0 Å². The van der Waals surface area contributed by atoms with E-state index in [2.05, 4.69) is 26.1 Å². The van der Waals surface area contributed by atoms with Crippen LogP contribution in [0.4, 0.5) is 21.9 Å². The van der Waals surface area contributed by atoms with Crippen LogP contribution in [0.25, 0.3) is 0 Å². The quantitative estimate of drug-likeness (QED) is 0.456. The van der Waals surface area contributed by atoms with Gasteiger partial charge in [0.25, 0.3) is 0 Å². The molecule has 0 fully saturated rings. The van der Waals surface area contributed by atoms with Crippen LogP contribution in [0, 0.1) is 0 Å². The molecule has 1 atom stereocenters. The highest BCUT2D eigenvalue weighted by Gasteiger charge is 2.31. The molecule has 3 aromatic rings. The van der Waals surface area contributed by atoms with E-state index < -0.39 is 6.09 Å². The predicted molar refractivity (Wildman–Crippen MR) is 122 cm³/mol. The third kappa shape index (κ3) is 3.33. The van der Waals surface area contributed by atoms with E-state index in [9.17, 15) is 4.79 Å². The number of amides is 1. The molecule has 2 aliphatic heterocycles. The highest BCUT2D eigenvalue weighted by Crippen LogP contribution is 2.48. The van der Waals surface area contributed by atoms with Crippen molar-refractivity contribution in [3.05, 3.63) is 72.3 Å². The van der Waals surface area contributed by atoms with Gasteiger partial charge in [-0.3, -0.25) is 0 Å². The van der Waals surface area contributed by atoms with E-state index in [1.54, 1.807) is 16.7 Å². The molecular weight excluding hydrogens is 392 g/mol. The summed E-state index contributed by atoms with van der Waals surface area (Å²) in [7, 11) is 0. The van der Waals surface area contributed by atoms with E-state index in [1.165, 1.54) is 5.56 Å². The molecule has 0 aliphatic carbocycles. The van der Waals surface area contributed by atoms with Crippen LogP contribution in [0.5, 0.6) is 5.75 Å². The van der Waals surface area contributed by atoms with Gasteiger partial charge in [0.15, 0.2) is 0 Å². The van der Waals surface area contributed by atoms with Gasteiger partial charge in [-0.05, 0) is 74.2 Å². The summed E-state index contributed by atoms with van der Waals surface area (Å²) in [6.45, 7) is 6.65. The smallest absolute Gasteiger partial charge is 0.410 e. The average Bonchev–Trinajstić information content (AvgIpc) is 2.71. The largest absolute Gasteiger partial charge is 0.424 e. The van der Waals surface area contributed by atoms with Crippen molar-refractivity contribution >= 4 is 34.9 Å². The lowest BCUT2D eigenvalue weighted by Gasteiger charge is -2.37. The van der Waals surface area contributed by atoms with Crippen LogP contribution < -0.4 is 15.0 Å². The van der Waals surface area contributed by atoms with Crippen molar-refractivity contribution in [2.45, 2.75) is 48.4 Å². The number of anilines is 3. The Morgan fingerprint density at radius 3 is 2.33 bits per heavy atom. The molecule has 30 heavy (non-hydrogen) atoms. The number of para-hydroxylation sites is 2. The molecule has 0 radical (unpaired) electrons. The van der Waals surface area contributed by atoms with Gasteiger partial charge in [-0.2, -0.15) is 0 Å². The normalized spacial score (nSPS) is 18.5. The number of hydrogen-bond donors (Lipinski definition) is 1. The first kappa shape index (κ1) is 19.1. The molecule has 5 rings (SSSR count). The van der Waals surface area contributed by atoms with Crippen molar-refractivity contribution in [2.24, 2.45) is 0 Å². The Balaban J connectivity index is 1.48. The molecular formula is C25H24N2O2S. The van der Waals surface area contributed by atoms with Crippen LogP contribution >= 0.6 is 11.8 Å². The van der Waals surface area contributed by atoms with Gasteiger partial charge in [-0.15, -0.1) is 0 Å². The summed E-state index contributed by atoms with van der Waals surface area (Å²) in [6, 6.07) is 21.7. The molecule has 5 heteroatoms. The summed E-state index contributed by atoms with van der Waals surface area (Å²) in [5.74, 6) is 0.961. The SMILES string of the molecule is CC1CC(C)(C)Nc2ccc(OC(=O)N3c4ccccc4Sc4ccccc43)cc21.